The predicted molar refractivity (Wildman–Crippen MR) is 87.3 cm³/mol. The van der Waals surface area contributed by atoms with Crippen molar-refractivity contribution in [3.05, 3.63) is 10.7 Å². The summed E-state index contributed by atoms with van der Waals surface area (Å²) < 4.78 is 5.23. The zero-order chi connectivity index (χ0) is 16.1. The molecule has 0 saturated carbocycles. The largest absolute Gasteiger partial charge is 0.386 e. The molecule has 0 radical (unpaired) electrons. The first-order valence-corrected chi connectivity index (χ1v) is 8.21. The Bertz CT molecular complexity index is 458. The molecule has 0 atom stereocenters. The molecule has 7 heteroatoms. The van der Waals surface area contributed by atoms with E-state index in [2.05, 4.69) is 24.1 Å². The number of morpholine rings is 1. The van der Waals surface area contributed by atoms with Crippen LogP contribution in [0.2, 0.25) is 0 Å². The van der Waals surface area contributed by atoms with Crippen molar-refractivity contribution in [2.45, 2.75) is 26.3 Å². The van der Waals surface area contributed by atoms with E-state index in [1.807, 2.05) is 0 Å². The van der Waals surface area contributed by atoms with Crippen LogP contribution < -0.4 is 5.32 Å². The molecular weight excluding hydrogens is 304 g/mol. The summed E-state index contributed by atoms with van der Waals surface area (Å²) in [5.74, 6) is -0.317. The topological polar surface area (TPSA) is 68.7 Å². The summed E-state index contributed by atoms with van der Waals surface area (Å²) in [5.41, 5.74) is 0.649. The summed E-state index contributed by atoms with van der Waals surface area (Å²) in [7, 11) is 0. The normalized spacial score (nSPS) is 23.0. The average molecular weight is 329 g/mol. The number of nitrogens with one attached hydrogen (secondary N) is 2. The molecule has 0 aromatic heterocycles. The Balaban J connectivity index is 2.10. The summed E-state index contributed by atoms with van der Waals surface area (Å²) in [5, 5.41) is 11.7. The highest BCUT2D eigenvalue weighted by molar-refractivity contribution is 6.58. The van der Waals surface area contributed by atoms with Crippen LogP contribution in [0, 0.1) is 5.41 Å². The van der Waals surface area contributed by atoms with Gasteiger partial charge in [-0.2, -0.15) is 0 Å². The number of rotatable bonds is 3. The molecule has 0 spiro atoms. The molecule has 0 aromatic rings. The van der Waals surface area contributed by atoms with Gasteiger partial charge >= 0.3 is 0 Å². The van der Waals surface area contributed by atoms with E-state index in [1.165, 1.54) is 0 Å². The Hall–Kier alpha value is -1.11. The lowest BCUT2D eigenvalue weighted by Crippen LogP contribution is -2.44. The van der Waals surface area contributed by atoms with Crippen LogP contribution >= 0.6 is 11.6 Å². The van der Waals surface area contributed by atoms with E-state index >= 15 is 0 Å². The summed E-state index contributed by atoms with van der Waals surface area (Å²) in [6, 6.07) is 0.406. The van der Waals surface area contributed by atoms with Gasteiger partial charge in [-0.05, 0) is 20.3 Å². The van der Waals surface area contributed by atoms with Gasteiger partial charge in [-0.1, -0.05) is 11.6 Å². The van der Waals surface area contributed by atoms with Gasteiger partial charge in [0.05, 0.1) is 18.2 Å². The third-order valence-corrected chi connectivity index (χ3v) is 4.47. The molecule has 6 nitrogen and oxygen atoms in total. The van der Waals surface area contributed by atoms with Gasteiger partial charge in [-0.15, -0.1) is 0 Å². The molecule has 124 valence electrons. The summed E-state index contributed by atoms with van der Waals surface area (Å²) in [6.45, 7) is 8.81. The monoisotopic (exact) mass is 328 g/mol. The molecule has 1 amide bonds. The fourth-order valence-electron chi connectivity index (χ4n) is 2.62. The number of carbonyl (C=O) groups excluding carboxylic acids is 1. The molecule has 2 fully saturated rings. The molecule has 0 aliphatic carbocycles. The van der Waals surface area contributed by atoms with Crippen molar-refractivity contribution >= 4 is 23.2 Å². The van der Waals surface area contributed by atoms with Gasteiger partial charge in [0.2, 0.25) is 0 Å². The standard InChI is InChI=1S/C15H25ClN4O2/c1-11(2)20-5-3-4-18-12(10-20)13(16)14(17)15(21)19-6-8-22-9-7-19/h11,17-18H,3-10H2,1-2H3/b13-12+,17-14?. The maximum Gasteiger partial charge on any atom is 0.273 e. The van der Waals surface area contributed by atoms with Crippen LogP contribution in [0.25, 0.3) is 0 Å². The van der Waals surface area contributed by atoms with Crippen molar-refractivity contribution in [3.63, 3.8) is 0 Å². The van der Waals surface area contributed by atoms with Crippen LogP contribution in [0.15, 0.2) is 10.7 Å². The van der Waals surface area contributed by atoms with Crippen LogP contribution in [-0.2, 0) is 9.53 Å². The number of carbonyl (C=O) groups is 1. The third kappa shape index (κ3) is 4.21. The summed E-state index contributed by atoms with van der Waals surface area (Å²) >= 11 is 6.35. The Kier molecular flexibility index (Phi) is 6.23. The van der Waals surface area contributed by atoms with Crippen molar-refractivity contribution in [1.29, 1.82) is 5.41 Å². The summed E-state index contributed by atoms with van der Waals surface area (Å²) in [4.78, 5) is 16.3. The minimum Gasteiger partial charge on any atom is -0.386 e. The third-order valence-electron chi connectivity index (χ3n) is 4.05. The van der Waals surface area contributed by atoms with Crippen LogP contribution in [0.1, 0.15) is 20.3 Å². The van der Waals surface area contributed by atoms with E-state index in [-0.39, 0.29) is 16.7 Å². The first kappa shape index (κ1) is 17.2. The Morgan fingerprint density at radius 3 is 2.64 bits per heavy atom. The first-order valence-electron chi connectivity index (χ1n) is 7.83. The predicted octanol–water partition coefficient (Wildman–Crippen LogP) is 1.02. The molecule has 2 N–H and O–H groups in total. The minimum absolute atomic E-state index is 0.128. The molecule has 0 unspecified atom stereocenters. The maximum atomic E-state index is 12.4. The number of nitrogens with zero attached hydrogens (tertiary/aromatic N) is 2. The Morgan fingerprint density at radius 2 is 2.00 bits per heavy atom. The molecule has 0 bridgehead atoms. The molecule has 2 aliphatic rings. The molecular formula is C15H25ClN4O2. The van der Waals surface area contributed by atoms with Crippen LogP contribution in [0.3, 0.4) is 0 Å². The molecule has 0 aromatic carbocycles. The fraction of sp³-hybridized carbons (Fsp3) is 0.733. The van der Waals surface area contributed by atoms with Gasteiger partial charge in [-0.3, -0.25) is 15.1 Å². The smallest absolute Gasteiger partial charge is 0.273 e. The second-order valence-corrected chi connectivity index (χ2v) is 6.29. The van der Waals surface area contributed by atoms with Gasteiger partial charge in [-0.25, -0.2) is 0 Å². The van der Waals surface area contributed by atoms with Gasteiger partial charge in [0.15, 0.2) is 0 Å². The highest BCUT2D eigenvalue weighted by atomic mass is 35.5. The van der Waals surface area contributed by atoms with E-state index in [0.29, 0.717) is 38.9 Å². The fourth-order valence-corrected chi connectivity index (χ4v) is 2.82. The highest BCUT2D eigenvalue weighted by Crippen LogP contribution is 2.16. The molecule has 2 heterocycles. The number of halogens is 1. The van der Waals surface area contributed by atoms with Gasteiger partial charge < -0.3 is 15.0 Å². The zero-order valence-corrected chi connectivity index (χ0v) is 14.1. The van der Waals surface area contributed by atoms with E-state index in [4.69, 9.17) is 21.7 Å². The lowest BCUT2D eigenvalue weighted by atomic mass is 10.2. The Morgan fingerprint density at radius 1 is 1.32 bits per heavy atom. The maximum absolute atomic E-state index is 12.4. The zero-order valence-electron chi connectivity index (χ0n) is 13.3. The highest BCUT2D eigenvalue weighted by Gasteiger charge is 2.26. The van der Waals surface area contributed by atoms with Crippen molar-refractivity contribution in [2.75, 3.05) is 45.9 Å². The van der Waals surface area contributed by atoms with Crippen LogP contribution in [-0.4, -0.2) is 73.4 Å². The number of ether oxygens (including phenoxy) is 1. The van der Waals surface area contributed by atoms with Crippen molar-refractivity contribution in [1.82, 2.24) is 15.1 Å². The van der Waals surface area contributed by atoms with Gasteiger partial charge in [0, 0.05) is 44.5 Å². The second kappa shape index (κ2) is 7.94. The first-order chi connectivity index (χ1) is 10.5. The molecule has 2 aliphatic heterocycles. The van der Waals surface area contributed by atoms with Crippen LogP contribution in [0.5, 0.6) is 0 Å². The average Bonchev–Trinajstić information content (AvgIpc) is 2.80. The SMILES string of the molecule is CC(C)N1CCCN/C(=C(/Cl)C(=N)C(=O)N2CCOCC2)C1. The van der Waals surface area contributed by atoms with Gasteiger partial charge in [0.25, 0.3) is 5.91 Å². The van der Waals surface area contributed by atoms with Crippen molar-refractivity contribution < 1.29 is 9.53 Å². The van der Waals surface area contributed by atoms with E-state index in [9.17, 15) is 4.79 Å². The number of hydrogen-bond acceptors (Lipinski definition) is 5. The quantitative estimate of drug-likeness (QED) is 0.759. The van der Waals surface area contributed by atoms with Crippen LogP contribution in [0.4, 0.5) is 0 Å². The van der Waals surface area contributed by atoms with Gasteiger partial charge in [0.1, 0.15) is 5.71 Å². The second-order valence-electron chi connectivity index (χ2n) is 5.92. The lowest BCUT2D eigenvalue weighted by molar-refractivity contribution is -0.128. The minimum atomic E-state index is -0.317. The molecule has 22 heavy (non-hydrogen) atoms. The van der Waals surface area contributed by atoms with E-state index < -0.39 is 0 Å². The Labute approximate surface area is 136 Å². The van der Waals surface area contributed by atoms with Crippen molar-refractivity contribution in [3.8, 4) is 0 Å². The van der Waals surface area contributed by atoms with Crippen molar-refractivity contribution in [2.24, 2.45) is 0 Å². The number of amides is 1. The lowest BCUT2D eigenvalue weighted by Gasteiger charge is -2.28. The number of hydrogen-bond donors (Lipinski definition) is 2. The van der Waals surface area contributed by atoms with E-state index in [0.717, 1.165) is 25.2 Å². The van der Waals surface area contributed by atoms with E-state index in [1.54, 1.807) is 4.90 Å². The molecule has 2 rings (SSSR count). The molecule has 2 saturated heterocycles. The summed E-state index contributed by atoms with van der Waals surface area (Å²) in [6.07, 6.45) is 1.02.